The van der Waals surface area contributed by atoms with Gasteiger partial charge in [0.25, 0.3) is 0 Å². The monoisotopic (exact) mass is 490 g/mol. The molecule has 1 aromatic heterocycles. The molecule has 1 aliphatic carbocycles. The molecule has 0 saturated carbocycles. The molecule has 1 atom stereocenters. The van der Waals surface area contributed by atoms with Crippen LogP contribution in [0.15, 0.2) is 34.8 Å². The number of nitrogens with zero attached hydrogens (tertiary/aromatic N) is 1. The molecule has 0 bridgehead atoms. The van der Waals surface area contributed by atoms with E-state index in [1.54, 1.807) is 7.11 Å². The van der Waals surface area contributed by atoms with Gasteiger partial charge in [0.15, 0.2) is 0 Å². The number of halogens is 2. The van der Waals surface area contributed by atoms with Gasteiger partial charge in [-0.1, -0.05) is 45.7 Å². The van der Waals surface area contributed by atoms with E-state index in [2.05, 4.69) is 39.1 Å². The first-order valence-electron chi connectivity index (χ1n) is 9.97. The van der Waals surface area contributed by atoms with Gasteiger partial charge in [0.05, 0.1) is 19.3 Å². The molecule has 1 N–H and O–H groups in total. The Morgan fingerprint density at radius 1 is 1.33 bits per heavy atom. The molecule has 30 heavy (non-hydrogen) atoms. The van der Waals surface area contributed by atoms with Gasteiger partial charge in [-0.2, -0.15) is 0 Å². The molecule has 1 unspecified atom stereocenters. The Morgan fingerprint density at radius 3 is 3.00 bits per heavy atom. The van der Waals surface area contributed by atoms with Crippen LogP contribution >= 0.6 is 27.5 Å². The van der Waals surface area contributed by atoms with Crippen molar-refractivity contribution in [3.8, 4) is 0 Å². The van der Waals surface area contributed by atoms with Crippen LogP contribution in [0.5, 0.6) is 0 Å². The fourth-order valence-corrected chi connectivity index (χ4v) is 4.59. The van der Waals surface area contributed by atoms with E-state index in [1.165, 1.54) is 10.8 Å². The van der Waals surface area contributed by atoms with Crippen LogP contribution < -0.4 is 10.6 Å². The number of H-pyrrole nitrogens is 1. The summed E-state index contributed by atoms with van der Waals surface area (Å²) in [6.45, 7) is 1.52. The Morgan fingerprint density at radius 2 is 2.20 bits per heavy atom. The molecule has 7 heteroatoms. The molecule has 4 rings (SSSR count). The van der Waals surface area contributed by atoms with Crippen molar-refractivity contribution >= 4 is 45.6 Å². The van der Waals surface area contributed by atoms with E-state index in [-0.39, 0.29) is 18.6 Å². The Hall–Kier alpha value is -1.86. The molecule has 2 aromatic rings. The van der Waals surface area contributed by atoms with Crippen molar-refractivity contribution in [2.75, 3.05) is 33.5 Å². The van der Waals surface area contributed by atoms with Crippen LogP contribution in [0.2, 0.25) is 5.02 Å². The maximum atomic E-state index is 13.1. The number of rotatable bonds is 6. The number of methoxy groups -OCH3 is 1. The summed E-state index contributed by atoms with van der Waals surface area (Å²) < 4.78 is 11.7. The smallest absolute Gasteiger partial charge is 0.249 e. The van der Waals surface area contributed by atoms with Crippen molar-refractivity contribution in [2.45, 2.75) is 18.9 Å². The number of nitrogens with one attached hydrogen (secondary N) is 1. The average Bonchev–Trinajstić information content (AvgIpc) is 3.00. The Bertz CT molecular complexity index is 1090. The van der Waals surface area contributed by atoms with Crippen molar-refractivity contribution in [2.24, 2.45) is 0 Å². The highest BCUT2D eigenvalue weighted by atomic mass is 79.9. The summed E-state index contributed by atoms with van der Waals surface area (Å²) in [5, 5.41) is 2.96. The standard InChI is InChI=1S/C23H24BrClN2O3/c1-29-11-12-30-14-21(28)27-10-9-19-18-7-5-16(24)6-8-20(18)26-22(19)23(27)15-3-2-4-17(25)13-15/h2-4,6-8,13,23,26H,5,9-12,14H2,1H3. The zero-order valence-corrected chi connectivity index (χ0v) is 19.1. The molecule has 0 saturated heterocycles. The Labute approximate surface area is 189 Å². The number of hydrogen-bond donors (Lipinski definition) is 1. The SMILES string of the molecule is COCCOCC(=O)N1CCc2c([nH]c3c2=CCC(Br)=CC=3)C1c1cccc(Cl)c1. The molecule has 5 nitrogen and oxygen atoms in total. The predicted molar refractivity (Wildman–Crippen MR) is 122 cm³/mol. The first-order valence-corrected chi connectivity index (χ1v) is 11.1. The molecule has 2 aliphatic rings. The zero-order valence-electron chi connectivity index (χ0n) is 16.8. The number of hydrogen-bond acceptors (Lipinski definition) is 3. The van der Waals surface area contributed by atoms with E-state index in [9.17, 15) is 4.79 Å². The highest BCUT2D eigenvalue weighted by Crippen LogP contribution is 2.34. The van der Waals surface area contributed by atoms with Crippen LogP contribution in [0.4, 0.5) is 0 Å². The van der Waals surface area contributed by atoms with E-state index in [1.807, 2.05) is 29.2 Å². The minimum atomic E-state index is -0.230. The van der Waals surface area contributed by atoms with Gasteiger partial charge in [-0.25, -0.2) is 0 Å². The number of carbonyl (C=O) groups excluding carboxylic acids is 1. The number of aromatic amines is 1. The van der Waals surface area contributed by atoms with Gasteiger partial charge in [-0.3, -0.25) is 4.79 Å². The highest BCUT2D eigenvalue weighted by molar-refractivity contribution is 9.11. The maximum absolute atomic E-state index is 13.1. The number of ether oxygens (including phenoxy) is 2. The van der Waals surface area contributed by atoms with E-state index < -0.39 is 0 Å². The average molecular weight is 492 g/mol. The molecule has 1 amide bonds. The van der Waals surface area contributed by atoms with Gasteiger partial charge in [0, 0.05) is 29.7 Å². The van der Waals surface area contributed by atoms with Crippen LogP contribution in [0, 0.1) is 0 Å². The molecule has 2 heterocycles. The van der Waals surface area contributed by atoms with E-state index in [0.717, 1.165) is 33.9 Å². The van der Waals surface area contributed by atoms with Gasteiger partial charge in [-0.05, 0) is 58.0 Å². The fourth-order valence-electron chi connectivity index (χ4n) is 4.10. The maximum Gasteiger partial charge on any atom is 0.249 e. The topological polar surface area (TPSA) is 54.6 Å². The normalized spacial score (nSPS) is 17.9. The molecule has 0 radical (unpaired) electrons. The quantitative estimate of drug-likeness (QED) is 0.632. The lowest BCUT2D eigenvalue weighted by molar-refractivity contribution is -0.138. The molecular formula is C23H24BrClN2O3. The van der Waals surface area contributed by atoms with Crippen LogP contribution in [0.1, 0.15) is 29.3 Å². The lowest BCUT2D eigenvalue weighted by Crippen LogP contribution is -2.43. The number of allylic oxidation sites excluding steroid dienone is 2. The van der Waals surface area contributed by atoms with E-state index in [4.69, 9.17) is 21.1 Å². The number of benzene rings is 1. The second-order valence-electron chi connectivity index (χ2n) is 7.37. The van der Waals surface area contributed by atoms with Crippen molar-refractivity contribution in [3.63, 3.8) is 0 Å². The second-order valence-corrected chi connectivity index (χ2v) is 8.83. The van der Waals surface area contributed by atoms with Crippen LogP contribution in [-0.2, 0) is 20.7 Å². The summed E-state index contributed by atoms with van der Waals surface area (Å²) >= 11 is 9.89. The van der Waals surface area contributed by atoms with Crippen molar-refractivity contribution < 1.29 is 14.3 Å². The molecule has 1 aliphatic heterocycles. The van der Waals surface area contributed by atoms with Gasteiger partial charge in [0.2, 0.25) is 5.91 Å². The third-order valence-corrected chi connectivity index (χ3v) is 6.29. The number of carbonyl (C=O) groups is 1. The minimum Gasteiger partial charge on any atom is -0.382 e. The summed E-state index contributed by atoms with van der Waals surface area (Å²) in [4.78, 5) is 18.5. The summed E-state index contributed by atoms with van der Waals surface area (Å²) in [6, 6.07) is 7.50. The van der Waals surface area contributed by atoms with Crippen LogP contribution in [0.25, 0.3) is 12.2 Å². The Kier molecular flexibility index (Phi) is 6.78. The largest absolute Gasteiger partial charge is 0.382 e. The first-order chi connectivity index (χ1) is 14.6. The van der Waals surface area contributed by atoms with E-state index >= 15 is 0 Å². The number of amides is 1. The molecule has 0 fully saturated rings. The zero-order chi connectivity index (χ0) is 21.1. The van der Waals surface area contributed by atoms with Crippen molar-refractivity contribution in [1.29, 1.82) is 0 Å². The molecule has 158 valence electrons. The minimum absolute atomic E-state index is 0.0319. The van der Waals surface area contributed by atoms with Crippen molar-refractivity contribution in [1.82, 2.24) is 9.88 Å². The molecule has 0 spiro atoms. The summed E-state index contributed by atoms with van der Waals surface area (Å²) in [7, 11) is 1.61. The van der Waals surface area contributed by atoms with Gasteiger partial charge in [0.1, 0.15) is 6.61 Å². The lowest BCUT2D eigenvalue weighted by Gasteiger charge is -2.36. The lowest BCUT2D eigenvalue weighted by atomic mass is 9.92. The molecular weight excluding hydrogens is 468 g/mol. The second kappa shape index (κ2) is 9.52. The van der Waals surface area contributed by atoms with Crippen LogP contribution in [0.3, 0.4) is 0 Å². The number of fused-ring (bicyclic) bond motifs is 3. The van der Waals surface area contributed by atoms with Gasteiger partial charge in [-0.15, -0.1) is 0 Å². The van der Waals surface area contributed by atoms with Crippen LogP contribution in [-0.4, -0.2) is 49.3 Å². The number of aromatic nitrogens is 1. The van der Waals surface area contributed by atoms with E-state index in [0.29, 0.717) is 24.8 Å². The summed E-state index contributed by atoms with van der Waals surface area (Å²) in [6.07, 6.45) is 8.06. The third kappa shape index (κ3) is 4.42. The first kappa shape index (κ1) is 21.4. The van der Waals surface area contributed by atoms with Gasteiger partial charge >= 0.3 is 0 Å². The Balaban J connectivity index is 1.74. The fraction of sp³-hybridized carbons (Fsp3) is 0.348. The predicted octanol–water partition coefficient (Wildman–Crippen LogP) is 3.05. The summed E-state index contributed by atoms with van der Waals surface area (Å²) in [5.41, 5.74) is 3.31. The van der Waals surface area contributed by atoms with Crippen molar-refractivity contribution in [3.05, 3.63) is 67.2 Å². The third-order valence-electron chi connectivity index (χ3n) is 5.47. The van der Waals surface area contributed by atoms with Gasteiger partial charge < -0.3 is 19.4 Å². The molecule has 1 aromatic carbocycles. The highest BCUT2D eigenvalue weighted by Gasteiger charge is 2.34. The summed E-state index contributed by atoms with van der Waals surface area (Å²) in [5.74, 6) is -0.0397.